The minimum Gasteiger partial charge on any atom is -0.478 e. The topological polar surface area (TPSA) is 121 Å². The maximum atomic E-state index is 11.3. The number of aromatic carboxylic acids is 3. The average Bonchev–Trinajstić information content (AvgIpc) is 2.47. The Hall–Kier alpha value is -3.35. The van der Waals surface area contributed by atoms with Gasteiger partial charge in [-0.15, -0.1) is 0 Å². The van der Waals surface area contributed by atoms with Crippen molar-refractivity contribution in [2.75, 3.05) is 0 Å². The van der Waals surface area contributed by atoms with Crippen molar-refractivity contribution in [1.29, 1.82) is 0 Å². The van der Waals surface area contributed by atoms with Crippen LogP contribution in [0.15, 0.2) is 42.5 Å². The first-order valence-corrected chi connectivity index (χ1v) is 6.01. The van der Waals surface area contributed by atoms with E-state index in [1.165, 1.54) is 36.4 Å². The molecule has 2 rings (SSSR count). The molecular weight excluding hydrogens is 292 g/mol. The fourth-order valence-corrected chi connectivity index (χ4v) is 1.81. The maximum Gasteiger partial charge on any atom is 0.340 e. The lowest BCUT2D eigenvalue weighted by atomic mass is 10.1. The summed E-state index contributed by atoms with van der Waals surface area (Å²) in [6.07, 6.45) is 0. The Kier molecular flexibility index (Phi) is 4.08. The SMILES string of the molecule is O=C(O)c1ccc(Oc2cccc(C(=O)O)c2C(=O)O)cc1. The molecule has 2 aromatic rings. The van der Waals surface area contributed by atoms with E-state index in [-0.39, 0.29) is 17.1 Å². The lowest BCUT2D eigenvalue weighted by Crippen LogP contribution is -2.09. The average molecular weight is 302 g/mol. The highest BCUT2D eigenvalue weighted by molar-refractivity contribution is 6.03. The smallest absolute Gasteiger partial charge is 0.340 e. The Bertz CT molecular complexity index is 747. The molecule has 0 atom stereocenters. The molecule has 0 aliphatic carbocycles. The van der Waals surface area contributed by atoms with Crippen LogP contribution in [-0.4, -0.2) is 33.2 Å². The van der Waals surface area contributed by atoms with Crippen molar-refractivity contribution < 1.29 is 34.4 Å². The van der Waals surface area contributed by atoms with Crippen LogP contribution in [0.2, 0.25) is 0 Å². The number of hydrogen-bond donors (Lipinski definition) is 3. The van der Waals surface area contributed by atoms with Crippen molar-refractivity contribution in [3.8, 4) is 11.5 Å². The monoisotopic (exact) mass is 302 g/mol. The van der Waals surface area contributed by atoms with Gasteiger partial charge in [0.25, 0.3) is 0 Å². The van der Waals surface area contributed by atoms with E-state index in [0.717, 1.165) is 6.07 Å². The molecule has 0 unspecified atom stereocenters. The lowest BCUT2D eigenvalue weighted by molar-refractivity contribution is 0.0649. The van der Waals surface area contributed by atoms with Gasteiger partial charge in [-0.05, 0) is 36.4 Å². The Morgan fingerprint density at radius 2 is 1.41 bits per heavy atom. The molecule has 3 N–H and O–H groups in total. The summed E-state index contributed by atoms with van der Waals surface area (Å²) in [5.74, 6) is -3.88. The van der Waals surface area contributed by atoms with Crippen molar-refractivity contribution in [2.24, 2.45) is 0 Å². The molecule has 0 saturated carbocycles. The van der Waals surface area contributed by atoms with E-state index in [1.54, 1.807) is 0 Å². The van der Waals surface area contributed by atoms with Crippen LogP contribution in [0, 0.1) is 0 Å². The van der Waals surface area contributed by atoms with Gasteiger partial charge < -0.3 is 20.1 Å². The summed E-state index contributed by atoms with van der Waals surface area (Å²) in [4.78, 5) is 33.1. The summed E-state index contributed by atoms with van der Waals surface area (Å²) in [7, 11) is 0. The minimum atomic E-state index is -1.44. The Labute approximate surface area is 124 Å². The van der Waals surface area contributed by atoms with E-state index < -0.39 is 29.0 Å². The lowest BCUT2D eigenvalue weighted by Gasteiger charge is -2.10. The third-order valence-electron chi connectivity index (χ3n) is 2.80. The molecule has 0 bridgehead atoms. The molecule has 0 amide bonds. The zero-order chi connectivity index (χ0) is 16.3. The Morgan fingerprint density at radius 1 is 0.773 bits per heavy atom. The molecule has 0 aliphatic heterocycles. The van der Waals surface area contributed by atoms with Crippen LogP contribution in [0.25, 0.3) is 0 Å². The van der Waals surface area contributed by atoms with Crippen molar-refractivity contribution >= 4 is 17.9 Å². The van der Waals surface area contributed by atoms with Crippen molar-refractivity contribution in [3.05, 3.63) is 59.2 Å². The van der Waals surface area contributed by atoms with Gasteiger partial charge in [0.05, 0.1) is 11.1 Å². The predicted octanol–water partition coefficient (Wildman–Crippen LogP) is 2.57. The number of carboxylic acids is 3. The van der Waals surface area contributed by atoms with Gasteiger partial charge in [-0.2, -0.15) is 0 Å². The number of carbonyl (C=O) groups is 3. The first kappa shape index (κ1) is 15.0. The molecule has 7 heteroatoms. The molecule has 0 saturated heterocycles. The van der Waals surface area contributed by atoms with Gasteiger partial charge in [0, 0.05) is 0 Å². The van der Waals surface area contributed by atoms with Crippen LogP contribution >= 0.6 is 0 Å². The first-order chi connectivity index (χ1) is 10.4. The molecule has 0 spiro atoms. The Balaban J connectivity index is 2.41. The second-order valence-electron chi connectivity index (χ2n) is 4.22. The summed E-state index contributed by atoms with van der Waals surface area (Å²) >= 11 is 0. The molecule has 7 nitrogen and oxygen atoms in total. The summed E-state index contributed by atoms with van der Waals surface area (Å²) in [5, 5.41) is 27.0. The molecule has 0 radical (unpaired) electrons. The van der Waals surface area contributed by atoms with Crippen LogP contribution in [-0.2, 0) is 0 Å². The number of rotatable bonds is 5. The van der Waals surface area contributed by atoms with E-state index in [1.807, 2.05) is 0 Å². The molecular formula is C15H10O7. The standard InChI is InChI=1S/C15H10O7/c16-13(17)8-4-6-9(7-5-8)22-11-3-1-2-10(14(18)19)12(11)15(20)21/h1-7H,(H,16,17)(H,18,19)(H,20,21). The van der Waals surface area contributed by atoms with Crippen molar-refractivity contribution in [2.45, 2.75) is 0 Å². The normalized spacial score (nSPS) is 10.0. The van der Waals surface area contributed by atoms with E-state index >= 15 is 0 Å². The number of hydrogen-bond acceptors (Lipinski definition) is 4. The van der Waals surface area contributed by atoms with Crippen LogP contribution in [0.4, 0.5) is 0 Å². The largest absolute Gasteiger partial charge is 0.478 e. The number of carboxylic acid groups (broad SMARTS) is 3. The summed E-state index contributed by atoms with van der Waals surface area (Å²) in [5.41, 5.74) is -0.824. The van der Waals surface area contributed by atoms with Gasteiger partial charge in [0.1, 0.15) is 17.1 Å². The van der Waals surface area contributed by atoms with Crippen LogP contribution in [0.3, 0.4) is 0 Å². The second-order valence-corrected chi connectivity index (χ2v) is 4.22. The van der Waals surface area contributed by atoms with Gasteiger partial charge in [0.2, 0.25) is 0 Å². The summed E-state index contributed by atoms with van der Waals surface area (Å²) in [6, 6.07) is 9.12. The molecule has 0 heterocycles. The van der Waals surface area contributed by atoms with Gasteiger partial charge in [0.15, 0.2) is 0 Å². The van der Waals surface area contributed by atoms with Crippen LogP contribution in [0.5, 0.6) is 11.5 Å². The van der Waals surface area contributed by atoms with E-state index in [9.17, 15) is 14.4 Å². The first-order valence-electron chi connectivity index (χ1n) is 6.01. The van der Waals surface area contributed by atoms with Crippen LogP contribution < -0.4 is 4.74 Å². The van der Waals surface area contributed by atoms with E-state index in [2.05, 4.69) is 0 Å². The van der Waals surface area contributed by atoms with Crippen molar-refractivity contribution in [3.63, 3.8) is 0 Å². The van der Waals surface area contributed by atoms with Gasteiger partial charge in [-0.25, -0.2) is 14.4 Å². The molecule has 0 aromatic heterocycles. The third-order valence-corrected chi connectivity index (χ3v) is 2.80. The molecule has 0 aliphatic rings. The van der Waals surface area contributed by atoms with Gasteiger partial charge in [-0.1, -0.05) is 6.07 Å². The van der Waals surface area contributed by atoms with Gasteiger partial charge >= 0.3 is 17.9 Å². The molecule has 22 heavy (non-hydrogen) atoms. The Morgan fingerprint density at radius 3 is 1.91 bits per heavy atom. The zero-order valence-corrected chi connectivity index (χ0v) is 11.0. The fourth-order valence-electron chi connectivity index (χ4n) is 1.81. The summed E-state index contributed by atoms with van der Waals surface area (Å²) < 4.78 is 5.36. The summed E-state index contributed by atoms with van der Waals surface area (Å²) in [6.45, 7) is 0. The highest BCUT2D eigenvalue weighted by atomic mass is 16.5. The van der Waals surface area contributed by atoms with Crippen molar-refractivity contribution in [1.82, 2.24) is 0 Å². The van der Waals surface area contributed by atoms with Gasteiger partial charge in [-0.3, -0.25) is 0 Å². The minimum absolute atomic E-state index is 0.0464. The highest BCUT2D eigenvalue weighted by Gasteiger charge is 2.21. The van der Waals surface area contributed by atoms with Crippen LogP contribution in [0.1, 0.15) is 31.1 Å². The number of benzene rings is 2. The quantitative estimate of drug-likeness (QED) is 0.776. The van der Waals surface area contributed by atoms with E-state index in [4.69, 9.17) is 20.1 Å². The fraction of sp³-hybridized carbons (Fsp3) is 0. The predicted molar refractivity (Wildman–Crippen MR) is 73.8 cm³/mol. The van der Waals surface area contributed by atoms with E-state index in [0.29, 0.717) is 0 Å². The highest BCUT2D eigenvalue weighted by Crippen LogP contribution is 2.28. The molecule has 0 fully saturated rings. The molecule has 2 aromatic carbocycles. The third kappa shape index (κ3) is 3.04. The number of ether oxygens (including phenoxy) is 1. The zero-order valence-electron chi connectivity index (χ0n) is 11.0. The maximum absolute atomic E-state index is 11.3. The second kappa shape index (κ2) is 5.96. The molecule has 112 valence electrons.